The van der Waals surface area contributed by atoms with E-state index in [-0.39, 0.29) is 19.8 Å². The fourth-order valence-corrected chi connectivity index (χ4v) is 1.55. The lowest BCUT2D eigenvalue weighted by Crippen LogP contribution is -2.52. The second kappa shape index (κ2) is 7.14. The van der Waals surface area contributed by atoms with Crippen LogP contribution in [0.15, 0.2) is 0 Å². The first-order valence-electron chi connectivity index (χ1n) is 4.92. The van der Waals surface area contributed by atoms with Crippen LogP contribution in [0.25, 0.3) is 0 Å². The van der Waals surface area contributed by atoms with Crippen LogP contribution in [0.5, 0.6) is 0 Å². The van der Waals surface area contributed by atoms with Crippen molar-refractivity contribution < 1.29 is 24.9 Å². The summed E-state index contributed by atoms with van der Waals surface area (Å²) in [6.45, 7) is 1.50. The molecule has 0 fully saturated rings. The first kappa shape index (κ1) is 13.8. The number of likely N-dealkylation sites (N-methyl/N-ethyl adjacent to an activating group) is 1. The van der Waals surface area contributed by atoms with E-state index in [2.05, 4.69) is 0 Å². The van der Waals surface area contributed by atoms with Gasteiger partial charge in [-0.15, -0.1) is 0 Å². The van der Waals surface area contributed by atoms with Gasteiger partial charge in [0.25, 0.3) is 0 Å². The molecule has 0 saturated heterocycles. The van der Waals surface area contributed by atoms with Crippen molar-refractivity contribution in [3.8, 4) is 0 Å². The lowest BCUT2D eigenvalue weighted by molar-refractivity contribution is -0.913. The largest absolute Gasteiger partial charge is 0.396 e. The summed E-state index contributed by atoms with van der Waals surface area (Å²) in [5, 5.41) is 35.6. The summed E-state index contributed by atoms with van der Waals surface area (Å²) >= 11 is 0. The standard InChI is InChI=1S/C9H22NO4/c1-10(4-6-12,3-2-5-11)7-9(14)8-13/h9,11-14H,2-8H2,1H3/q+1. The highest BCUT2D eigenvalue weighted by Crippen LogP contribution is 2.05. The fraction of sp³-hybridized carbons (Fsp3) is 1.00. The minimum absolute atomic E-state index is 0.0417. The molecule has 0 aromatic rings. The Morgan fingerprint density at radius 3 is 2.14 bits per heavy atom. The van der Waals surface area contributed by atoms with Crippen molar-refractivity contribution in [2.75, 3.05) is 46.5 Å². The van der Waals surface area contributed by atoms with Crippen LogP contribution in [0.2, 0.25) is 0 Å². The molecular weight excluding hydrogens is 186 g/mol. The highest BCUT2D eigenvalue weighted by Gasteiger charge is 2.24. The van der Waals surface area contributed by atoms with Crippen LogP contribution < -0.4 is 0 Å². The molecule has 0 aliphatic rings. The van der Waals surface area contributed by atoms with Crippen LogP contribution in [0.1, 0.15) is 6.42 Å². The Balaban J connectivity index is 4.07. The zero-order valence-corrected chi connectivity index (χ0v) is 8.76. The topological polar surface area (TPSA) is 80.9 Å². The summed E-state index contributed by atoms with van der Waals surface area (Å²) in [4.78, 5) is 0. The van der Waals surface area contributed by atoms with E-state index in [1.54, 1.807) is 0 Å². The second-order valence-electron chi connectivity index (χ2n) is 3.89. The predicted octanol–water partition coefficient (Wildman–Crippen LogP) is -1.84. The van der Waals surface area contributed by atoms with Gasteiger partial charge in [0.2, 0.25) is 0 Å². The van der Waals surface area contributed by atoms with Gasteiger partial charge in [0.1, 0.15) is 19.2 Å². The van der Waals surface area contributed by atoms with Gasteiger partial charge in [-0.1, -0.05) is 0 Å². The molecule has 0 aliphatic heterocycles. The number of quaternary nitrogens is 1. The molecule has 4 N–H and O–H groups in total. The molecule has 0 aromatic carbocycles. The van der Waals surface area contributed by atoms with E-state index in [9.17, 15) is 5.11 Å². The minimum Gasteiger partial charge on any atom is -0.396 e. The third kappa shape index (κ3) is 5.51. The lowest BCUT2D eigenvalue weighted by atomic mass is 10.2. The molecule has 0 radical (unpaired) electrons. The fourth-order valence-electron chi connectivity index (χ4n) is 1.55. The Hall–Kier alpha value is -0.200. The van der Waals surface area contributed by atoms with E-state index in [1.165, 1.54) is 0 Å². The maximum absolute atomic E-state index is 9.31. The molecule has 0 spiro atoms. The molecule has 0 bridgehead atoms. The summed E-state index contributed by atoms with van der Waals surface area (Å²) in [6, 6.07) is 0. The molecular formula is C9H22NO4+. The average Bonchev–Trinajstić information content (AvgIpc) is 2.15. The van der Waals surface area contributed by atoms with E-state index < -0.39 is 6.10 Å². The van der Waals surface area contributed by atoms with Gasteiger partial charge < -0.3 is 24.9 Å². The van der Waals surface area contributed by atoms with Crippen LogP contribution in [-0.4, -0.2) is 77.5 Å². The first-order valence-corrected chi connectivity index (χ1v) is 4.92. The zero-order valence-electron chi connectivity index (χ0n) is 8.76. The summed E-state index contributed by atoms with van der Waals surface area (Å²) in [5.41, 5.74) is 0. The highest BCUT2D eigenvalue weighted by molar-refractivity contribution is 4.52. The maximum atomic E-state index is 9.31. The van der Waals surface area contributed by atoms with Gasteiger partial charge in [-0.3, -0.25) is 0 Å². The maximum Gasteiger partial charge on any atom is 0.126 e. The zero-order chi connectivity index (χ0) is 11.0. The molecule has 2 unspecified atom stereocenters. The van der Waals surface area contributed by atoms with Crippen molar-refractivity contribution in [1.29, 1.82) is 0 Å². The molecule has 5 nitrogen and oxygen atoms in total. The molecule has 0 aromatic heterocycles. The number of aliphatic hydroxyl groups is 4. The van der Waals surface area contributed by atoms with E-state index >= 15 is 0 Å². The van der Waals surface area contributed by atoms with Crippen molar-refractivity contribution >= 4 is 0 Å². The lowest BCUT2D eigenvalue weighted by Gasteiger charge is -2.35. The van der Waals surface area contributed by atoms with Crippen molar-refractivity contribution in [1.82, 2.24) is 0 Å². The summed E-state index contributed by atoms with van der Waals surface area (Å²) in [7, 11) is 1.89. The van der Waals surface area contributed by atoms with E-state index in [1.807, 2.05) is 7.05 Å². The molecule has 0 heterocycles. The molecule has 86 valence electrons. The van der Waals surface area contributed by atoms with Crippen LogP contribution in [0.4, 0.5) is 0 Å². The highest BCUT2D eigenvalue weighted by atomic mass is 16.3. The van der Waals surface area contributed by atoms with Crippen LogP contribution in [0.3, 0.4) is 0 Å². The Morgan fingerprint density at radius 2 is 1.71 bits per heavy atom. The third-order valence-electron chi connectivity index (χ3n) is 2.36. The normalized spacial score (nSPS) is 17.8. The number of hydrogen-bond acceptors (Lipinski definition) is 4. The van der Waals surface area contributed by atoms with Gasteiger partial charge in [-0.25, -0.2) is 0 Å². The Labute approximate surface area is 84.8 Å². The predicted molar refractivity (Wildman–Crippen MR) is 52.7 cm³/mol. The summed E-state index contributed by atoms with van der Waals surface area (Å²) < 4.78 is 0.471. The van der Waals surface area contributed by atoms with Gasteiger partial charge in [0, 0.05) is 13.0 Å². The Morgan fingerprint density at radius 1 is 1.07 bits per heavy atom. The number of hydrogen-bond donors (Lipinski definition) is 4. The van der Waals surface area contributed by atoms with Gasteiger partial charge in [-0.05, 0) is 0 Å². The molecule has 0 saturated carbocycles. The number of aliphatic hydroxyl groups excluding tert-OH is 4. The Kier molecular flexibility index (Phi) is 7.04. The van der Waals surface area contributed by atoms with Gasteiger partial charge in [0.05, 0.1) is 26.8 Å². The number of nitrogens with zero attached hydrogens (tertiary/aromatic N) is 1. The van der Waals surface area contributed by atoms with E-state index in [0.717, 1.165) is 0 Å². The average molecular weight is 208 g/mol. The minimum atomic E-state index is -0.759. The second-order valence-corrected chi connectivity index (χ2v) is 3.89. The van der Waals surface area contributed by atoms with Crippen LogP contribution >= 0.6 is 0 Å². The molecule has 14 heavy (non-hydrogen) atoms. The smallest absolute Gasteiger partial charge is 0.126 e. The summed E-state index contributed by atoms with van der Waals surface area (Å²) in [5.74, 6) is 0. The van der Waals surface area contributed by atoms with Crippen LogP contribution in [-0.2, 0) is 0 Å². The molecule has 5 heteroatoms. The van der Waals surface area contributed by atoms with Crippen LogP contribution in [0, 0.1) is 0 Å². The Bertz CT molecular complexity index is 145. The van der Waals surface area contributed by atoms with Gasteiger partial charge in [-0.2, -0.15) is 0 Å². The third-order valence-corrected chi connectivity index (χ3v) is 2.36. The van der Waals surface area contributed by atoms with Crippen molar-refractivity contribution in [3.05, 3.63) is 0 Å². The molecule has 0 amide bonds. The van der Waals surface area contributed by atoms with E-state index in [4.69, 9.17) is 15.3 Å². The number of rotatable bonds is 8. The molecule has 0 rings (SSSR count). The van der Waals surface area contributed by atoms with Crippen molar-refractivity contribution in [3.63, 3.8) is 0 Å². The quantitative estimate of drug-likeness (QED) is 0.353. The van der Waals surface area contributed by atoms with E-state index in [0.29, 0.717) is 30.5 Å². The SMILES string of the molecule is C[N+](CCO)(CCCO)CC(O)CO. The van der Waals surface area contributed by atoms with Crippen molar-refractivity contribution in [2.24, 2.45) is 0 Å². The first-order chi connectivity index (χ1) is 6.58. The van der Waals surface area contributed by atoms with Gasteiger partial charge in [0.15, 0.2) is 0 Å². The van der Waals surface area contributed by atoms with Gasteiger partial charge >= 0.3 is 0 Å². The summed E-state index contributed by atoms with van der Waals surface area (Å²) in [6.07, 6.45) is -0.125. The molecule has 2 atom stereocenters. The monoisotopic (exact) mass is 208 g/mol. The molecule has 0 aliphatic carbocycles. The van der Waals surface area contributed by atoms with Crippen molar-refractivity contribution in [2.45, 2.75) is 12.5 Å².